The molecule has 2 heterocycles. The van der Waals surface area contributed by atoms with Gasteiger partial charge >= 0.3 is 0 Å². The number of rotatable bonds is 4. The molecule has 1 fully saturated rings. The molecule has 2 N–H and O–H groups in total. The molecule has 1 saturated heterocycles. The van der Waals surface area contributed by atoms with Gasteiger partial charge in [0.2, 0.25) is 0 Å². The Hall–Kier alpha value is 0.1000. The van der Waals surface area contributed by atoms with E-state index in [9.17, 15) is 0 Å². The van der Waals surface area contributed by atoms with Gasteiger partial charge in [0, 0.05) is 23.5 Å². The first-order chi connectivity index (χ1) is 7.68. The molecule has 0 saturated carbocycles. The molecule has 2 nitrogen and oxygen atoms in total. The first-order valence-electron chi connectivity index (χ1n) is 5.88. The van der Waals surface area contributed by atoms with Crippen molar-refractivity contribution in [2.24, 2.45) is 0 Å². The summed E-state index contributed by atoms with van der Waals surface area (Å²) >= 11 is 5.30. The Bertz CT molecular complexity index is 332. The van der Waals surface area contributed by atoms with Gasteiger partial charge in [-0.05, 0) is 54.4 Å². The summed E-state index contributed by atoms with van der Waals surface area (Å²) in [6.07, 6.45) is 3.97. The zero-order valence-corrected chi connectivity index (χ0v) is 12.1. The molecule has 0 spiro atoms. The smallest absolute Gasteiger partial charge is 0.0701 e. The summed E-state index contributed by atoms with van der Waals surface area (Å²) in [7, 11) is 0. The van der Waals surface area contributed by atoms with Crippen LogP contribution < -0.4 is 10.6 Å². The van der Waals surface area contributed by atoms with Crippen molar-refractivity contribution < 1.29 is 0 Å². The quantitative estimate of drug-likeness (QED) is 0.893. The second-order valence-corrected chi connectivity index (χ2v) is 7.30. The van der Waals surface area contributed by atoms with Gasteiger partial charge in [0.25, 0.3) is 0 Å². The SMILES string of the molecule is CC1(CNCc2ccc(Br)s2)CCCCN1. The molecule has 1 atom stereocenters. The number of piperidine rings is 1. The Morgan fingerprint density at radius 3 is 3.00 bits per heavy atom. The summed E-state index contributed by atoms with van der Waals surface area (Å²) in [6, 6.07) is 4.29. The summed E-state index contributed by atoms with van der Waals surface area (Å²) < 4.78 is 1.21. The van der Waals surface area contributed by atoms with Gasteiger partial charge in [-0.15, -0.1) is 11.3 Å². The van der Waals surface area contributed by atoms with E-state index in [1.165, 1.54) is 34.5 Å². The topological polar surface area (TPSA) is 24.1 Å². The Kier molecular flexibility index (Phi) is 4.41. The van der Waals surface area contributed by atoms with E-state index in [4.69, 9.17) is 0 Å². The molecule has 0 radical (unpaired) electrons. The molecule has 90 valence electrons. The van der Waals surface area contributed by atoms with Crippen molar-refractivity contribution in [1.29, 1.82) is 0 Å². The number of hydrogen-bond donors (Lipinski definition) is 2. The lowest BCUT2D eigenvalue weighted by molar-refractivity contribution is 0.267. The molecule has 1 unspecified atom stereocenters. The van der Waals surface area contributed by atoms with E-state index in [1.807, 2.05) is 11.3 Å². The first-order valence-corrected chi connectivity index (χ1v) is 7.49. The van der Waals surface area contributed by atoms with Crippen LogP contribution in [0.4, 0.5) is 0 Å². The van der Waals surface area contributed by atoms with Crippen LogP contribution in [0.15, 0.2) is 15.9 Å². The minimum Gasteiger partial charge on any atom is -0.310 e. The predicted molar refractivity (Wildman–Crippen MR) is 74.0 cm³/mol. The van der Waals surface area contributed by atoms with Crippen molar-refractivity contribution in [2.75, 3.05) is 13.1 Å². The van der Waals surface area contributed by atoms with Crippen molar-refractivity contribution in [2.45, 2.75) is 38.3 Å². The highest BCUT2D eigenvalue weighted by Crippen LogP contribution is 2.22. The molecule has 0 aromatic carbocycles. The Morgan fingerprint density at radius 1 is 1.50 bits per heavy atom. The average molecular weight is 303 g/mol. The van der Waals surface area contributed by atoms with Crippen LogP contribution in [0.25, 0.3) is 0 Å². The van der Waals surface area contributed by atoms with Crippen LogP contribution in [0.3, 0.4) is 0 Å². The van der Waals surface area contributed by atoms with Gasteiger partial charge in [-0.3, -0.25) is 0 Å². The fourth-order valence-corrected chi connectivity index (χ4v) is 3.63. The van der Waals surface area contributed by atoms with Crippen molar-refractivity contribution in [1.82, 2.24) is 10.6 Å². The zero-order valence-electron chi connectivity index (χ0n) is 9.68. The van der Waals surface area contributed by atoms with E-state index in [-0.39, 0.29) is 0 Å². The fourth-order valence-electron chi connectivity index (χ4n) is 2.18. The minimum absolute atomic E-state index is 0.298. The van der Waals surface area contributed by atoms with Crippen molar-refractivity contribution in [3.63, 3.8) is 0 Å². The Morgan fingerprint density at radius 2 is 2.38 bits per heavy atom. The molecule has 0 amide bonds. The monoisotopic (exact) mass is 302 g/mol. The summed E-state index contributed by atoms with van der Waals surface area (Å²) in [4.78, 5) is 1.39. The summed E-state index contributed by atoms with van der Waals surface area (Å²) in [5, 5.41) is 7.17. The average Bonchev–Trinajstić information content (AvgIpc) is 2.65. The van der Waals surface area contributed by atoms with E-state index in [0.29, 0.717) is 5.54 Å². The van der Waals surface area contributed by atoms with Crippen molar-refractivity contribution in [3.8, 4) is 0 Å². The second kappa shape index (κ2) is 5.63. The molecule has 4 heteroatoms. The largest absolute Gasteiger partial charge is 0.310 e. The summed E-state index contributed by atoms with van der Waals surface area (Å²) in [5.41, 5.74) is 0.298. The lowest BCUT2D eigenvalue weighted by atomic mass is 9.91. The molecule has 0 aliphatic carbocycles. The molecule has 0 bridgehead atoms. The molecule has 1 aromatic rings. The van der Waals surface area contributed by atoms with Crippen LogP contribution in [-0.4, -0.2) is 18.6 Å². The number of nitrogens with one attached hydrogen (secondary N) is 2. The Balaban J connectivity index is 1.74. The van der Waals surface area contributed by atoms with Crippen LogP contribution in [0.1, 0.15) is 31.1 Å². The van der Waals surface area contributed by atoms with Gasteiger partial charge in [-0.2, -0.15) is 0 Å². The third-order valence-electron chi connectivity index (χ3n) is 3.15. The van der Waals surface area contributed by atoms with Gasteiger partial charge in [0.15, 0.2) is 0 Å². The Labute approximate surface area is 110 Å². The second-order valence-electron chi connectivity index (χ2n) is 4.75. The summed E-state index contributed by atoms with van der Waals surface area (Å²) in [6.45, 7) is 5.53. The molecule has 1 aliphatic heterocycles. The predicted octanol–water partition coefficient (Wildman–Crippen LogP) is 3.13. The third-order valence-corrected chi connectivity index (χ3v) is 4.77. The van der Waals surface area contributed by atoms with Crippen molar-refractivity contribution in [3.05, 3.63) is 20.8 Å². The number of halogens is 1. The van der Waals surface area contributed by atoms with Gasteiger partial charge in [-0.25, -0.2) is 0 Å². The van der Waals surface area contributed by atoms with Crippen molar-refractivity contribution >= 4 is 27.3 Å². The third kappa shape index (κ3) is 3.55. The van der Waals surface area contributed by atoms with E-state index in [1.54, 1.807) is 0 Å². The molecule has 1 aromatic heterocycles. The normalized spacial score (nSPS) is 25.9. The van der Waals surface area contributed by atoms with Crippen LogP contribution in [-0.2, 0) is 6.54 Å². The maximum Gasteiger partial charge on any atom is 0.0701 e. The van der Waals surface area contributed by atoms with Crippen LogP contribution in [0, 0.1) is 0 Å². The van der Waals surface area contributed by atoms with Crippen LogP contribution >= 0.6 is 27.3 Å². The highest BCUT2D eigenvalue weighted by Gasteiger charge is 2.25. The van der Waals surface area contributed by atoms with E-state index in [2.05, 4.69) is 45.6 Å². The maximum atomic E-state index is 3.62. The van der Waals surface area contributed by atoms with E-state index < -0.39 is 0 Å². The highest BCUT2D eigenvalue weighted by atomic mass is 79.9. The van der Waals surface area contributed by atoms with E-state index in [0.717, 1.165) is 13.1 Å². The van der Waals surface area contributed by atoms with Gasteiger partial charge in [-0.1, -0.05) is 6.42 Å². The van der Waals surface area contributed by atoms with Gasteiger partial charge < -0.3 is 10.6 Å². The van der Waals surface area contributed by atoms with Crippen LogP contribution in [0.2, 0.25) is 0 Å². The maximum absolute atomic E-state index is 3.62. The molecule has 2 rings (SSSR count). The fraction of sp³-hybridized carbons (Fsp3) is 0.667. The molecule has 16 heavy (non-hydrogen) atoms. The minimum atomic E-state index is 0.298. The summed E-state index contributed by atoms with van der Waals surface area (Å²) in [5.74, 6) is 0. The highest BCUT2D eigenvalue weighted by molar-refractivity contribution is 9.11. The lowest BCUT2D eigenvalue weighted by Crippen LogP contribution is -2.52. The van der Waals surface area contributed by atoms with Gasteiger partial charge in [0.05, 0.1) is 3.79 Å². The number of thiophene rings is 1. The molecule has 1 aliphatic rings. The lowest BCUT2D eigenvalue weighted by Gasteiger charge is -2.35. The first kappa shape index (κ1) is 12.6. The molecular weight excluding hydrogens is 284 g/mol. The van der Waals surface area contributed by atoms with Crippen LogP contribution in [0.5, 0.6) is 0 Å². The van der Waals surface area contributed by atoms with E-state index >= 15 is 0 Å². The molecular formula is C12H19BrN2S. The van der Waals surface area contributed by atoms with Gasteiger partial charge in [0.1, 0.15) is 0 Å². The zero-order chi connectivity index (χ0) is 11.4. The standard InChI is InChI=1S/C12H19BrN2S/c1-12(6-2-3-7-15-12)9-14-8-10-4-5-11(13)16-10/h4-5,14-15H,2-3,6-9H2,1H3. The number of hydrogen-bond acceptors (Lipinski definition) is 3.